The van der Waals surface area contributed by atoms with Crippen molar-refractivity contribution in [2.24, 2.45) is 5.92 Å². The normalized spacial score (nSPS) is 14.0. The minimum atomic E-state index is -3.80. The number of sulfonamides is 1. The Balaban J connectivity index is 1.62. The zero-order valence-electron chi connectivity index (χ0n) is 22.6. The molecule has 1 aliphatic rings. The average Bonchev–Trinajstić information content (AvgIpc) is 3.73. The number of ether oxygens (including phenoxy) is 1. The van der Waals surface area contributed by atoms with E-state index in [1.165, 1.54) is 19.2 Å². The Morgan fingerprint density at radius 3 is 2.29 bits per heavy atom. The molecule has 7 nitrogen and oxygen atoms in total. The number of carbonyl (C=O) groups excluding carboxylic acids is 1. The van der Waals surface area contributed by atoms with E-state index < -0.39 is 10.0 Å². The SMILES string of the molecule is CC[C@H](C(=O)N(Cc1cc(NS(=O)(=O)c2ccc(OC)cc2)ccc1N(C)C)CC1CC1)c1ccccc1. The van der Waals surface area contributed by atoms with E-state index in [0.29, 0.717) is 36.9 Å². The van der Waals surface area contributed by atoms with E-state index in [1.54, 1.807) is 18.2 Å². The fourth-order valence-corrected chi connectivity index (χ4v) is 5.74. The summed E-state index contributed by atoms with van der Waals surface area (Å²) >= 11 is 0. The molecule has 0 aromatic heterocycles. The molecule has 0 bridgehead atoms. The quantitative estimate of drug-likeness (QED) is 0.332. The van der Waals surface area contributed by atoms with E-state index in [2.05, 4.69) is 4.72 Å². The van der Waals surface area contributed by atoms with Crippen LogP contribution in [-0.4, -0.2) is 47.0 Å². The van der Waals surface area contributed by atoms with Gasteiger partial charge >= 0.3 is 0 Å². The average molecular weight is 536 g/mol. The van der Waals surface area contributed by atoms with Crippen molar-refractivity contribution in [3.8, 4) is 5.75 Å². The van der Waals surface area contributed by atoms with E-state index >= 15 is 0 Å². The van der Waals surface area contributed by atoms with Gasteiger partial charge in [-0.05, 0) is 78.8 Å². The molecule has 1 aliphatic carbocycles. The van der Waals surface area contributed by atoms with Gasteiger partial charge in [0.15, 0.2) is 0 Å². The van der Waals surface area contributed by atoms with Crippen LogP contribution in [0.2, 0.25) is 0 Å². The van der Waals surface area contributed by atoms with Gasteiger partial charge in [-0.3, -0.25) is 9.52 Å². The zero-order valence-corrected chi connectivity index (χ0v) is 23.4. The Morgan fingerprint density at radius 1 is 1.03 bits per heavy atom. The zero-order chi connectivity index (χ0) is 27.3. The number of methoxy groups -OCH3 is 1. The Kier molecular flexibility index (Phi) is 8.62. The van der Waals surface area contributed by atoms with E-state index in [1.807, 2.05) is 73.3 Å². The third kappa shape index (κ3) is 6.67. The number of carbonyl (C=O) groups is 1. The first-order valence-electron chi connectivity index (χ1n) is 13.0. The summed E-state index contributed by atoms with van der Waals surface area (Å²) in [5.74, 6) is 1.00. The Hall–Kier alpha value is -3.52. The highest BCUT2D eigenvalue weighted by Crippen LogP contribution is 2.34. The van der Waals surface area contributed by atoms with Gasteiger partial charge in [-0.2, -0.15) is 0 Å². The molecular weight excluding hydrogens is 498 g/mol. The lowest BCUT2D eigenvalue weighted by Crippen LogP contribution is -2.36. The highest BCUT2D eigenvalue weighted by molar-refractivity contribution is 7.92. The first-order chi connectivity index (χ1) is 18.2. The smallest absolute Gasteiger partial charge is 0.261 e. The van der Waals surface area contributed by atoms with E-state index in [-0.39, 0.29) is 16.7 Å². The summed E-state index contributed by atoms with van der Waals surface area (Å²) in [6.07, 6.45) is 2.98. The van der Waals surface area contributed by atoms with Crippen LogP contribution in [-0.2, 0) is 21.4 Å². The molecule has 1 atom stereocenters. The molecule has 1 amide bonds. The van der Waals surface area contributed by atoms with Gasteiger partial charge < -0.3 is 14.5 Å². The highest BCUT2D eigenvalue weighted by atomic mass is 32.2. The summed E-state index contributed by atoms with van der Waals surface area (Å²) in [5.41, 5.74) is 3.31. The number of nitrogens with one attached hydrogen (secondary N) is 1. The maximum Gasteiger partial charge on any atom is 0.261 e. The standard InChI is InChI=1S/C30H37N3O4S/c1-5-28(23-9-7-6-8-10-23)30(34)33(20-22-11-12-22)21-24-19-25(13-18-29(24)32(2)3)31-38(35,36)27-16-14-26(37-4)15-17-27/h6-10,13-19,22,28,31H,5,11-12,20-21H2,1-4H3/t28-/m0/s1. The third-order valence-electron chi connectivity index (χ3n) is 6.94. The minimum absolute atomic E-state index is 0.111. The highest BCUT2D eigenvalue weighted by Gasteiger charge is 2.31. The lowest BCUT2D eigenvalue weighted by molar-refractivity contribution is -0.133. The predicted molar refractivity (Wildman–Crippen MR) is 152 cm³/mol. The summed E-state index contributed by atoms with van der Waals surface area (Å²) < 4.78 is 34.0. The lowest BCUT2D eigenvalue weighted by atomic mass is 9.94. The van der Waals surface area contributed by atoms with Crippen molar-refractivity contribution in [1.82, 2.24) is 4.90 Å². The van der Waals surface area contributed by atoms with Crippen molar-refractivity contribution in [2.75, 3.05) is 37.4 Å². The van der Waals surface area contributed by atoms with Gasteiger partial charge in [0, 0.05) is 38.6 Å². The largest absolute Gasteiger partial charge is 0.497 e. The molecule has 1 saturated carbocycles. The van der Waals surface area contributed by atoms with Crippen LogP contribution < -0.4 is 14.4 Å². The van der Waals surface area contributed by atoms with Crippen LogP contribution in [0.25, 0.3) is 0 Å². The van der Waals surface area contributed by atoms with Gasteiger partial charge in [0.1, 0.15) is 5.75 Å². The van der Waals surface area contributed by atoms with E-state index in [9.17, 15) is 13.2 Å². The second-order valence-electron chi connectivity index (χ2n) is 10.1. The number of hydrogen-bond acceptors (Lipinski definition) is 5. The second-order valence-corrected chi connectivity index (χ2v) is 11.7. The van der Waals surface area contributed by atoms with Gasteiger partial charge in [0.05, 0.1) is 17.9 Å². The van der Waals surface area contributed by atoms with Crippen LogP contribution in [0, 0.1) is 5.92 Å². The van der Waals surface area contributed by atoms with E-state index in [0.717, 1.165) is 29.7 Å². The molecule has 0 aliphatic heterocycles. The monoisotopic (exact) mass is 535 g/mol. The van der Waals surface area contributed by atoms with Gasteiger partial charge in [-0.15, -0.1) is 0 Å². The maximum absolute atomic E-state index is 13.9. The maximum atomic E-state index is 13.9. The van der Waals surface area contributed by atoms with Gasteiger partial charge in [0.25, 0.3) is 10.0 Å². The summed E-state index contributed by atoms with van der Waals surface area (Å²) in [7, 11) is 1.64. The Bertz CT molecular complexity index is 1340. The molecule has 3 aromatic rings. The first kappa shape index (κ1) is 27.5. The van der Waals surface area contributed by atoms with Crippen molar-refractivity contribution in [3.05, 3.63) is 83.9 Å². The molecule has 1 fully saturated rings. The topological polar surface area (TPSA) is 79.0 Å². The van der Waals surface area contributed by atoms with Crippen LogP contribution in [0.5, 0.6) is 5.75 Å². The van der Waals surface area contributed by atoms with Crippen molar-refractivity contribution in [3.63, 3.8) is 0 Å². The second kappa shape index (κ2) is 11.9. The molecule has 38 heavy (non-hydrogen) atoms. The van der Waals surface area contributed by atoms with Crippen LogP contribution in [0.1, 0.15) is 43.2 Å². The Morgan fingerprint density at radius 2 is 1.71 bits per heavy atom. The molecule has 1 N–H and O–H groups in total. The molecule has 0 saturated heterocycles. The molecule has 3 aromatic carbocycles. The molecule has 0 heterocycles. The minimum Gasteiger partial charge on any atom is -0.497 e. The number of anilines is 2. The predicted octanol–water partition coefficient (Wildman–Crippen LogP) is 5.49. The van der Waals surface area contributed by atoms with Gasteiger partial charge in [0.2, 0.25) is 5.91 Å². The number of benzene rings is 3. The fourth-order valence-electron chi connectivity index (χ4n) is 4.69. The number of rotatable bonds is 12. The van der Waals surface area contributed by atoms with Crippen LogP contribution in [0.15, 0.2) is 77.7 Å². The van der Waals surface area contributed by atoms with Gasteiger partial charge in [-0.1, -0.05) is 37.3 Å². The molecule has 4 rings (SSSR count). The summed E-state index contributed by atoms with van der Waals surface area (Å²) in [4.78, 5) is 18.0. The third-order valence-corrected chi connectivity index (χ3v) is 8.34. The molecule has 202 valence electrons. The van der Waals surface area contributed by atoms with Crippen molar-refractivity contribution < 1.29 is 17.9 Å². The molecular formula is C30H37N3O4S. The summed E-state index contributed by atoms with van der Waals surface area (Å²) in [6.45, 7) is 3.16. The van der Waals surface area contributed by atoms with Crippen molar-refractivity contribution >= 4 is 27.3 Å². The number of hydrogen-bond donors (Lipinski definition) is 1. The van der Waals surface area contributed by atoms with Gasteiger partial charge in [-0.25, -0.2) is 8.42 Å². The van der Waals surface area contributed by atoms with Crippen molar-refractivity contribution in [2.45, 2.75) is 43.5 Å². The number of amides is 1. The summed E-state index contributed by atoms with van der Waals surface area (Å²) in [5, 5.41) is 0. The number of nitrogens with zero attached hydrogens (tertiary/aromatic N) is 2. The van der Waals surface area contributed by atoms with Crippen LogP contribution >= 0.6 is 0 Å². The fraction of sp³-hybridized carbons (Fsp3) is 0.367. The first-order valence-corrected chi connectivity index (χ1v) is 14.5. The lowest BCUT2D eigenvalue weighted by Gasteiger charge is -2.29. The molecule has 0 radical (unpaired) electrons. The summed E-state index contributed by atoms with van der Waals surface area (Å²) in [6, 6.07) is 21.7. The van der Waals surface area contributed by atoms with Crippen LogP contribution in [0.4, 0.5) is 11.4 Å². The van der Waals surface area contributed by atoms with Crippen LogP contribution in [0.3, 0.4) is 0 Å². The Labute approximate surface area is 226 Å². The van der Waals surface area contributed by atoms with Crippen molar-refractivity contribution in [1.29, 1.82) is 0 Å². The molecule has 8 heteroatoms. The van der Waals surface area contributed by atoms with E-state index in [4.69, 9.17) is 4.74 Å². The molecule has 0 spiro atoms. The molecule has 0 unspecified atom stereocenters.